The molecule has 0 saturated heterocycles. The topological polar surface area (TPSA) is 72.2 Å². The molecule has 0 heterocycles. The van der Waals surface area contributed by atoms with Crippen LogP contribution in [0.4, 0.5) is 5.69 Å². The Morgan fingerprint density at radius 2 is 1.73 bits per heavy atom. The molecule has 0 aliphatic carbocycles. The lowest BCUT2D eigenvalue weighted by Crippen LogP contribution is -2.12. The first-order valence-electron chi connectivity index (χ1n) is 6.29. The third-order valence-corrected chi connectivity index (χ3v) is 3.16. The lowest BCUT2D eigenvalue weighted by molar-refractivity contribution is -0.111. The van der Waals surface area contributed by atoms with E-state index in [0.717, 1.165) is 0 Å². The Balaban J connectivity index is 2.08. The molecule has 0 unspecified atom stereocenters. The summed E-state index contributed by atoms with van der Waals surface area (Å²) < 4.78 is 0. The fraction of sp³-hybridized carbons (Fsp3) is 0. The van der Waals surface area contributed by atoms with Crippen molar-refractivity contribution in [1.82, 2.24) is 0 Å². The maximum atomic E-state index is 11.9. The van der Waals surface area contributed by atoms with Gasteiger partial charge in [0.25, 0.3) is 0 Å². The second kappa shape index (κ2) is 7.11. The molecular formula is C16H12Cl2N2O2. The maximum Gasteiger partial charge on any atom is 0.248 e. The molecule has 0 aromatic heterocycles. The number of carbonyl (C=O) groups excluding carboxylic acids is 2. The van der Waals surface area contributed by atoms with Crippen LogP contribution in [0.5, 0.6) is 0 Å². The van der Waals surface area contributed by atoms with Gasteiger partial charge in [-0.05, 0) is 48.0 Å². The number of nitrogens with two attached hydrogens (primary N) is 1. The van der Waals surface area contributed by atoms with Crippen LogP contribution in [0.15, 0.2) is 48.5 Å². The van der Waals surface area contributed by atoms with E-state index in [2.05, 4.69) is 5.32 Å². The molecule has 0 bridgehead atoms. The Morgan fingerprint density at radius 1 is 1.05 bits per heavy atom. The molecule has 2 rings (SSSR count). The van der Waals surface area contributed by atoms with Gasteiger partial charge in [0.2, 0.25) is 11.8 Å². The zero-order valence-electron chi connectivity index (χ0n) is 11.3. The first kappa shape index (κ1) is 16.1. The quantitative estimate of drug-likeness (QED) is 0.836. The number of nitrogens with one attached hydrogen (secondary N) is 1. The van der Waals surface area contributed by atoms with E-state index >= 15 is 0 Å². The molecule has 22 heavy (non-hydrogen) atoms. The molecule has 112 valence electrons. The molecule has 2 amide bonds. The molecule has 2 aromatic carbocycles. The number of hydrogen-bond acceptors (Lipinski definition) is 2. The fourth-order valence-electron chi connectivity index (χ4n) is 1.78. The Bertz CT molecular complexity index is 737. The van der Waals surface area contributed by atoms with Crippen molar-refractivity contribution >= 4 is 46.8 Å². The van der Waals surface area contributed by atoms with E-state index in [-0.39, 0.29) is 5.91 Å². The van der Waals surface area contributed by atoms with Crippen molar-refractivity contribution in [3.05, 3.63) is 69.7 Å². The van der Waals surface area contributed by atoms with Crippen LogP contribution < -0.4 is 11.1 Å². The van der Waals surface area contributed by atoms with Crippen molar-refractivity contribution in [3.63, 3.8) is 0 Å². The van der Waals surface area contributed by atoms with Gasteiger partial charge in [0.1, 0.15) is 0 Å². The van der Waals surface area contributed by atoms with Gasteiger partial charge in [-0.1, -0.05) is 29.3 Å². The minimum absolute atomic E-state index is 0.323. The summed E-state index contributed by atoms with van der Waals surface area (Å²) in [5.41, 5.74) is 6.70. The molecule has 0 radical (unpaired) electrons. The first-order chi connectivity index (χ1) is 10.4. The van der Waals surface area contributed by atoms with Gasteiger partial charge in [-0.15, -0.1) is 0 Å². The summed E-state index contributed by atoms with van der Waals surface area (Å²) in [6.45, 7) is 0. The highest BCUT2D eigenvalue weighted by atomic mass is 35.5. The molecule has 3 N–H and O–H groups in total. The van der Waals surface area contributed by atoms with Crippen LogP contribution in [0, 0.1) is 0 Å². The molecule has 0 aliphatic rings. The summed E-state index contributed by atoms with van der Waals surface area (Å²) in [5, 5.41) is 3.61. The van der Waals surface area contributed by atoms with Crippen molar-refractivity contribution in [3.8, 4) is 0 Å². The molecule has 0 aliphatic heterocycles. The van der Waals surface area contributed by atoms with Gasteiger partial charge in [0, 0.05) is 27.4 Å². The zero-order valence-corrected chi connectivity index (χ0v) is 12.9. The number of halogens is 2. The number of primary amides is 1. The highest BCUT2D eigenvalue weighted by Gasteiger charge is 2.03. The van der Waals surface area contributed by atoms with Crippen LogP contribution in [0.3, 0.4) is 0 Å². The number of carbonyl (C=O) groups is 2. The molecule has 0 saturated carbocycles. The van der Waals surface area contributed by atoms with Crippen molar-refractivity contribution in [2.75, 3.05) is 5.32 Å². The van der Waals surface area contributed by atoms with Crippen molar-refractivity contribution in [1.29, 1.82) is 0 Å². The average molecular weight is 335 g/mol. The fourth-order valence-corrected chi connectivity index (χ4v) is 2.32. The second-order valence-electron chi connectivity index (χ2n) is 4.47. The Morgan fingerprint density at radius 3 is 2.36 bits per heavy atom. The molecule has 0 spiro atoms. The summed E-state index contributed by atoms with van der Waals surface area (Å²) in [6, 6.07) is 11.3. The van der Waals surface area contributed by atoms with Gasteiger partial charge < -0.3 is 11.1 Å². The van der Waals surface area contributed by atoms with Crippen molar-refractivity contribution in [2.45, 2.75) is 0 Å². The molecule has 2 aromatic rings. The number of rotatable bonds is 4. The third kappa shape index (κ3) is 4.62. The molecule has 0 atom stereocenters. The van der Waals surface area contributed by atoms with Crippen LogP contribution in [0.1, 0.15) is 15.9 Å². The van der Waals surface area contributed by atoms with E-state index in [1.807, 2.05) is 0 Å². The highest BCUT2D eigenvalue weighted by molar-refractivity contribution is 6.34. The largest absolute Gasteiger partial charge is 0.366 e. The summed E-state index contributed by atoms with van der Waals surface area (Å²) in [7, 11) is 0. The van der Waals surface area contributed by atoms with E-state index in [1.165, 1.54) is 12.1 Å². The Kier molecular flexibility index (Phi) is 5.20. The van der Waals surface area contributed by atoms with Gasteiger partial charge in [0.05, 0.1) is 0 Å². The number of benzene rings is 2. The molecule has 6 heteroatoms. The smallest absolute Gasteiger partial charge is 0.248 e. The van der Waals surface area contributed by atoms with E-state index in [9.17, 15) is 9.59 Å². The van der Waals surface area contributed by atoms with Gasteiger partial charge in [-0.25, -0.2) is 0 Å². The summed E-state index contributed by atoms with van der Waals surface area (Å²) in [4.78, 5) is 22.9. The van der Waals surface area contributed by atoms with Crippen LogP contribution in [0.25, 0.3) is 6.08 Å². The highest BCUT2D eigenvalue weighted by Crippen LogP contribution is 2.20. The SMILES string of the molecule is NC(=O)c1cccc(NC(=O)/C=C/c2cc(Cl)cc(Cl)c2)c1. The second-order valence-corrected chi connectivity index (χ2v) is 5.34. The summed E-state index contributed by atoms with van der Waals surface area (Å²) in [6.07, 6.45) is 2.93. The summed E-state index contributed by atoms with van der Waals surface area (Å²) in [5.74, 6) is -0.905. The maximum absolute atomic E-state index is 11.9. The lowest BCUT2D eigenvalue weighted by Gasteiger charge is -2.03. The molecular weight excluding hydrogens is 323 g/mol. The monoisotopic (exact) mass is 334 g/mol. The van der Waals surface area contributed by atoms with Gasteiger partial charge in [0.15, 0.2) is 0 Å². The van der Waals surface area contributed by atoms with Crippen LogP contribution in [-0.4, -0.2) is 11.8 Å². The van der Waals surface area contributed by atoms with Gasteiger partial charge >= 0.3 is 0 Å². The number of amides is 2. The lowest BCUT2D eigenvalue weighted by atomic mass is 10.2. The van der Waals surface area contributed by atoms with Gasteiger partial charge in [-0.3, -0.25) is 9.59 Å². The standard InChI is InChI=1S/C16H12Cl2N2O2/c17-12-6-10(7-13(18)9-12)4-5-15(21)20-14-3-1-2-11(8-14)16(19)22/h1-9H,(H2,19,22)(H,20,21)/b5-4+. The van der Waals surface area contributed by atoms with E-state index < -0.39 is 5.91 Å². The van der Waals surface area contributed by atoms with Crippen molar-refractivity contribution in [2.24, 2.45) is 5.73 Å². The minimum Gasteiger partial charge on any atom is -0.366 e. The number of anilines is 1. The van der Waals surface area contributed by atoms with Gasteiger partial charge in [-0.2, -0.15) is 0 Å². The minimum atomic E-state index is -0.555. The molecule has 0 fully saturated rings. The van der Waals surface area contributed by atoms with E-state index in [1.54, 1.807) is 42.5 Å². The predicted octanol–water partition coefficient (Wildman–Crippen LogP) is 3.74. The van der Waals surface area contributed by atoms with Crippen LogP contribution in [0.2, 0.25) is 10.0 Å². The van der Waals surface area contributed by atoms with E-state index in [4.69, 9.17) is 28.9 Å². The Labute approximate surface area is 137 Å². The van der Waals surface area contributed by atoms with Crippen LogP contribution >= 0.6 is 23.2 Å². The van der Waals surface area contributed by atoms with Crippen LogP contribution in [-0.2, 0) is 4.79 Å². The zero-order chi connectivity index (χ0) is 16.1. The third-order valence-electron chi connectivity index (χ3n) is 2.73. The first-order valence-corrected chi connectivity index (χ1v) is 7.04. The predicted molar refractivity (Wildman–Crippen MR) is 89.1 cm³/mol. The van der Waals surface area contributed by atoms with Crippen molar-refractivity contribution < 1.29 is 9.59 Å². The molecule has 4 nitrogen and oxygen atoms in total. The normalized spacial score (nSPS) is 10.6. The Hall–Kier alpha value is -2.30. The average Bonchev–Trinajstić information content (AvgIpc) is 2.44. The summed E-state index contributed by atoms with van der Waals surface area (Å²) >= 11 is 11.8. The van der Waals surface area contributed by atoms with E-state index in [0.29, 0.717) is 26.9 Å². The number of hydrogen-bond donors (Lipinski definition) is 2.